The van der Waals surface area contributed by atoms with Gasteiger partial charge < -0.3 is 14.2 Å². The SMILES string of the molecule is C=C(C)c1cccc(/C(C)=C/OCCOCCOC(C)C)c1. The molecule has 0 radical (unpaired) electrons. The lowest BCUT2D eigenvalue weighted by Crippen LogP contribution is -2.11. The Hall–Kier alpha value is -1.58. The molecule has 0 aromatic heterocycles. The fraction of sp³-hybridized carbons (Fsp3) is 0.474. The molecule has 122 valence electrons. The molecule has 0 saturated carbocycles. The summed E-state index contributed by atoms with van der Waals surface area (Å²) in [6.45, 7) is 14.4. The van der Waals surface area contributed by atoms with Gasteiger partial charge in [-0.2, -0.15) is 0 Å². The van der Waals surface area contributed by atoms with Crippen molar-refractivity contribution >= 4 is 11.1 Å². The number of rotatable bonds is 10. The van der Waals surface area contributed by atoms with Crippen LogP contribution in [0.15, 0.2) is 37.1 Å². The van der Waals surface area contributed by atoms with Gasteiger partial charge in [-0.3, -0.25) is 0 Å². The lowest BCUT2D eigenvalue weighted by molar-refractivity contribution is 0.00884. The second kappa shape index (κ2) is 10.2. The molecule has 0 amide bonds. The molecule has 1 rings (SSSR count). The second-order valence-electron chi connectivity index (χ2n) is 5.56. The molecule has 0 heterocycles. The predicted octanol–water partition coefficient (Wildman–Crippen LogP) is 4.54. The van der Waals surface area contributed by atoms with Gasteiger partial charge in [0.25, 0.3) is 0 Å². The Morgan fingerprint density at radius 3 is 2.45 bits per heavy atom. The molecule has 0 atom stereocenters. The van der Waals surface area contributed by atoms with Crippen LogP contribution in [0.25, 0.3) is 11.1 Å². The summed E-state index contributed by atoms with van der Waals surface area (Å²) >= 11 is 0. The van der Waals surface area contributed by atoms with Crippen LogP contribution in [-0.4, -0.2) is 32.5 Å². The maximum Gasteiger partial charge on any atom is 0.111 e. The molecular weight excluding hydrogens is 276 g/mol. The zero-order valence-corrected chi connectivity index (χ0v) is 14.2. The van der Waals surface area contributed by atoms with E-state index in [-0.39, 0.29) is 6.10 Å². The van der Waals surface area contributed by atoms with Gasteiger partial charge in [-0.1, -0.05) is 30.4 Å². The molecule has 0 spiro atoms. The Kier molecular flexibility index (Phi) is 8.56. The first kappa shape index (κ1) is 18.5. The number of allylic oxidation sites excluding steroid dienone is 2. The molecule has 0 bridgehead atoms. The highest BCUT2D eigenvalue weighted by Gasteiger charge is 1.99. The minimum Gasteiger partial charge on any atom is -0.498 e. The van der Waals surface area contributed by atoms with E-state index >= 15 is 0 Å². The molecule has 0 saturated heterocycles. The summed E-state index contributed by atoms with van der Waals surface area (Å²) in [6.07, 6.45) is 2.03. The molecule has 22 heavy (non-hydrogen) atoms. The van der Waals surface area contributed by atoms with Crippen molar-refractivity contribution in [2.24, 2.45) is 0 Å². The monoisotopic (exact) mass is 304 g/mol. The zero-order chi connectivity index (χ0) is 16.4. The highest BCUT2D eigenvalue weighted by molar-refractivity contribution is 5.69. The predicted molar refractivity (Wildman–Crippen MR) is 92.7 cm³/mol. The molecule has 0 fully saturated rings. The van der Waals surface area contributed by atoms with Crippen molar-refractivity contribution in [2.45, 2.75) is 33.8 Å². The van der Waals surface area contributed by atoms with Crippen molar-refractivity contribution in [3.05, 3.63) is 48.2 Å². The number of benzene rings is 1. The van der Waals surface area contributed by atoms with Crippen molar-refractivity contribution < 1.29 is 14.2 Å². The van der Waals surface area contributed by atoms with Gasteiger partial charge in [0.15, 0.2) is 0 Å². The third-order valence-corrected chi connectivity index (χ3v) is 3.10. The van der Waals surface area contributed by atoms with E-state index in [2.05, 4.69) is 24.8 Å². The van der Waals surface area contributed by atoms with Crippen molar-refractivity contribution in [1.82, 2.24) is 0 Å². The topological polar surface area (TPSA) is 27.7 Å². The smallest absolute Gasteiger partial charge is 0.111 e. The fourth-order valence-corrected chi connectivity index (χ4v) is 1.83. The van der Waals surface area contributed by atoms with E-state index in [4.69, 9.17) is 14.2 Å². The molecule has 3 nitrogen and oxygen atoms in total. The third kappa shape index (κ3) is 7.43. The first-order valence-electron chi connectivity index (χ1n) is 7.74. The van der Waals surface area contributed by atoms with E-state index in [1.54, 1.807) is 6.26 Å². The third-order valence-electron chi connectivity index (χ3n) is 3.10. The Morgan fingerprint density at radius 1 is 1.09 bits per heavy atom. The number of ether oxygens (including phenoxy) is 3. The highest BCUT2D eigenvalue weighted by atomic mass is 16.5. The van der Waals surface area contributed by atoms with Crippen molar-refractivity contribution in [2.75, 3.05) is 26.4 Å². The lowest BCUT2D eigenvalue weighted by Gasteiger charge is -2.09. The van der Waals surface area contributed by atoms with Crippen molar-refractivity contribution in [3.63, 3.8) is 0 Å². The molecule has 0 aliphatic heterocycles. The molecule has 0 N–H and O–H groups in total. The fourth-order valence-electron chi connectivity index (χ4n) is 1.83. The molecule has 1 aromatic carbocycles. The summed E-state index contributed by atoms with van der Waals surface area (Å²) in [5.74, 6) is 0. The van der Waals surface area contributed by atoms with Crippen LogP contribution in [0.3, 0.4) is 0 Å². The lowest BCUT2D eigenvalue weighted by atomic mass is 10.0. The number of hydrogen-bond acceptors (Lipinski definition) is 3. The van der Waals surface area contributed by atoms with Crippen LogP contribution in [0.1, 0.15) is 38.8 Å². The normalized spacial score (nSPS) is 11.8. The standard InChI is InChI=1S/C19H28O3/c1-15(2)18-7-6-8-19(13-18)17(5)14-21-10-9-20-11-12-22-16(3)4/h6-8,13-14,16H,1,9-12H2,2-5H3/b17-14+. The van der Waals surface area contributed by atoms with Gasteiger partial charge in [0, 0.05) is 0 Å². The minimum atomic E-state index is 0.250. The van der Waals surface area contributed by atoms with E-state index in [9.17, 15) is 0 Å². The van der Waals surface area contributed by atoms with Crippen LogP contribution in [0.4, 0.5) is 0 Å². The van der Waals surface area contributed by atoms with E-state index in [0.29, 0.717) is 26.4 Å². The minimum absolute atomic E-state index is 0.250. The highest BCUT2D eigenvalue weighted by Crippen LogP contribution is 2.19. The maximum atomic E-state index is 5.53. The van der Waals surface area contributed by atoms with Gasteiger partial charge >= 0.3 is 0 Å². The summed E-state index contributed by atoms with van der Waals surface area (Å²) in [6, 6.07) is 8.29. The van der Waals surface area contributed by atoms with Crippen LogP contribution < -0.4 is 0 Å². The van der Waals surface area contributed by atoms with E-state index in [1.807, 2.05) is 33.8 Å². The van der Waals surface area contributed by atoms with Crippen LogP contribution in [-0.2, 0) is 14.2 Å². The molecule has 0 aliphatic rings. The van der Waals surface area contributed by atoms with E-state index in [1.165, 1.54) is 0 Å². The Bertz CT molecular complexity index is 489. The van der Waals surface area contributed by atoms with Crippen molar-refractivity contribution in [3.8, 4) is 0 Å². The molecule has 0 unspecified atom stereocenters. The molecule has 1 aromatic rings. The molecule has 3 heteroatoms. The Morgan fingerprint density at radius 2 is 1.77 bits per heavy atom. The van der Waals surface area contributed by atoms with Gasteiger partial charge in [0.05, 0.1) is 32.2 Å². The largest absolute Gasteiger partial charge is 0.498 e. The molecular formula is C19H28O3. The Balaban J connectivity index is 2.28. The average molecular weight is 304 g/mol. The summed E-state index contributed by atoms with van der Waals surface area (Å²) in [5.41, 5.74) is 4.45. The first-order chi connectivity index (χ1) is 10.5. The van der Waals surface area contributed by atoms with Gasteiger partial charge in [-0.25, -0.2) is 0 Å². The van der Waals surface area contributed by atoms with Gasteiger partial charge in [0.2, 0.25) is 0 Å². The summed E-state index contributed by atoms with van der Waals surface area (Å²) < 4.78 is 16.3. The summed E-state index contributed by atoms with van der Waals surface area (Å²) in [7, 11) is 0. The van der Waals surface area contributed by atoms with E-state index < -0.39 is 0 Å². The summed E-state index contributed by atoms with van der Waals surface area (Å²) in [5, 5.41) is 0. The molecule has 0 aliphatic carbocycles. The van der Waals surface area contributed by atoms with Crippen LogP contribution in [0.2, 0.25) is 0 Å². The van der Waals surface area contributed by atoms with Gasteiger partial charge in [-0.05, 0) is 50.5 Å². The van der Waals surface area contributed by atoms with Crippen molar-refractivity contribution in [1.29, 1.82) is 0 Å². The quantitative estimate of drug-likeness (QED) is 0.469. The van der Waals surface area contributed by atoms with Crippen LogP contribution in [0, 0.1) is 0 Å². The Labute approximate surface area is 134 Å². The second-order valence-corrected chi connectivity index (χ2v) is 5.56. The average Bonchev–Trinajstić information content (AvgIpc) is 2.49. The van der Waals surface area contributed by atoms with E-state index in [0.717, 1.165) is 22.3 Å². The number of hydrogen-bond donors (Lipinski definition) is 0. The summed E-state index contributed by atoms with van der Waals surface area (Å²) in [4.78, 5) is 0. The van der Waals surface area contributed by atoms with Crippen LogP contribution in [0.5, 0.6) is 0 Å². The van der Waals surface area contributed by atoms with Gasteiger partial charge in [-0.15, -0.1) is 0 Å². The zero-order valence-electron chi connectivity index (χ0n) is 14.2. The first-order valence-corrected chi connectivity index (χ1v) is 7.74. The van der Waals surface area contributed by atoms with Gasteiger partial charge in [0.1, 0.15) is 6.61 Å². The maximum absolute atomic E-state index is 5.53. The van der Waals surface area contributed by atoms with Crippen LogP contribution >= 0.6 is 0 Å².